The van der Waals surface area contributed by atoms with E-state index in [1.165, 1.54) is 16.7 Å². The third-order valence-corrected chi connectivity index (χ3v) is 3.64. The normalized spacial score (nSPS) is 12.4. The lowest BCUT2D eigenvalue weighted by molar-refractivity contribution is 0.264. The van der Waals surface area contributed by atoms with Crippen LogP contribution < -0.4 is 0 Å². The molecule has 0 saturated carbocycles. The van der Waals surface area contributed by atoms with E-state index in [9.17, 15) is 5.11 Å². The minimum absolute atomic E-state index is 0.158. The first-order valence-electron chi connectivity index (χ1n) is 6.11. The summed E-state index contributed by atoms with van der Waals surface area (Å²) in [5, 5.41) is 9.57. The van der Waals surface area contributed by atoms with Crippen molar-refractivity contribution in [2.45, 2.75) is 19.3 Å². The summed E-state index contributed by atoms with van der Waals surface area (Å²) in [7, 11) is 0. The molecular formula is C16H17BrO. The molecule has 94 valence electrons. The number of rotatable bonds is 4. The van der Waals surface area contributed by atoms with Crippen LogP contribution in [0.15, 0.2) is 53.0 Å². The van der Waals surface area contributed by atoms with Crippen molar-refractivity contribution < 1.29 is 5.11 Å². The van der Waals surface area contributed by atoms with E-state index < -0.39 is 0 Å². The molecule has 18 heavy (non-hydrogen) atoms. The number of hydrogen-bond donors (Lipinski definition) is 1. The van der Waals surface area contributed by atoms with E-state index in [2.05, 4.69) is 59.3 Å². The molecule has 0 fully saturated rings. The van der Waals surface area contributed by atoms with Crippen molar-refractivity contribution >= 4 is 15.9 Å². The van der Waals surface area contributed by atoms with Crippen molar-refractivity contribution in [1.29, 1.82) is 0 Å². The molecule has 1 N–H and O–H groups in total. The summed E-state index contributed by atoms with van der Waals surface area (Å²) in [4.78, 5) is 0. The van der Waals surface area contributed by atoms with Gasteiger partial charge in [0.1, 0.15) is 0 Å². The SMILES string of the molecule is Cc1ccc(CC(CO)c2cccc(Br)c2)cc1. The van der Waals surface area contributed by atoms with Gasteiger partial charge in [-0.1, -0.05) is 57.9 Å². The summed E-state index contributed by atoms with van der Waals surface area (Å²) in [6, 6.07) is 16.7. The Labute approximate surface area is 117 Å². The zero-order valence-electron chi connectivity index (χ0n) is 10.4. The minimum Gasteiger partial charge on any atom is -0.396 e. The molecule has 0 amide bonds. The second-order valence-electron chi connectivity index (χ2n) is 4.62. The highest BCUT2D eigenvalue weighted by Crippen LogP contribution is 2.23. The lowest BCUT2D eigenvalue weighted by Gasteiger charge is -2.15. The molecule has 0 aliphatic heterocycles. The fourth-order valence-electron chi connectivity index (χ4n) is 2.06. The van der Waals surface area contributed by atoms with Crippen LogP contribution in [-0.2, 0) is 6.42 Å². The summed E-state index contributed by atoms with van der Waals surface area (Å²) in [5.41, 5.74) is 3.70. The topological polar surface area (TPSA) is 20.2 Å². The molecule has 1 nitrogen and oxygen atoms in total. The maximum Gasteiger partial charge on any atom is 0.0502 e. The van der Waals surface area contributed by atoms with Gasteiger partial charge in [0.05, 0.1) is 6.61 Å². The Morgan fingerprint density at radius 2 is 1.83 bits per heavy atom. The van der Waals surface area contributed by atoms with Crippen molar-refractivity contribution in [3.8, 4) is 0 Å². The molecule has 0 aliphatic rings. The maximum absolute atomic E-state index is 9.57. The molecular weight excluding hydrogens is 288 g/mol. The molecule has 2 aromatic carbocycles. The number of aliphatic hydroxyl groups excluding tert-OH is 1. The predicted octanol–water partition coefficient (Wildman–Crippen LogP) is 4.08. The van der Waals surface area contributed by atoms with E-state index in [-0.39, 0.29) is 12.5 Å². The largest absolute Gasteiger partial charge is 0.396 e. The monoisotopic (exact) mass is 304 g/mol. The predicted molar refractivity (Wildman–Crippen MR) is 78.9 cm³/mol. The third kappa shape index (κ3) is 3.44. The van der Waals surface area contributed by atoms with Gasteiger partial charge >= 0.3 is 0 Å². The van der Waals surface area contributed by atoms with E-state index in [1.807, 2.05) is 12.1 Å². The number of benzene rings is 2. The van der Waals surface area contributed by atoms with Crippen LogP contribution in [0, 0.1) is 6.92 Å². The zero-order valence-corrected chi connectivity index (χ0v) is 12.0. The van der Waals surface area contributed by atoms with E-state index >= 15 is 0 Å². The Hall–Kier alpha value is -1.12. The summed E-state index contributed by atoms with van der Waals surface area (Å²) >= 11 is 3.47. The van der Waals surface area contributed by atoms with Crippen LogP contribution in [0.2, 0.25) is 0 Å². The van der Waals surface area contributed by atoms with Gasteiger partial charge in [0.2, 0.25) is 0 Å². The van der Waals surface area contributed by atoms with Crippen LogP contribution in [-0.4, -0.2) is 11.7 Å². The van der Waals surface area contributed by atoms with Crippen molar-refractivity contribution in [2.24, 2.45) is 0 Å². The number of aliphatic hydroxyl groups is 1. The standard InChI is InChI=1S/C16H17BrO/c1-12-5-7-13(8-6-12)9-15(11-18)14-3-2-4-16(17)10-14/h2-8,10,15,18H,9,11H2,1H3. The van der Waals surface area contributed by atoms with E-state index in [0.717, 1.165) is 10.9 Å². The Morgan fingerprint density at radius 1 is 1.11 bits per heavy atom. The van der Waals surface area contributed by atoms with Gasteiger partial charge in [0.25, 0.3) is 0 Å². The Morgan fingerprint density at radius 3 is 2.44 bits per heavy atom. The van der Waals surface area contributed by atoms with Crippen molar-refractivity contribution in [1.82, 2.24) is 0 Å². The van der Waals surface area contributed by atoms with E-state index in [1.54, 1.807) is 0 Å². The first-order valence-corrected chi connectivity index (χ1v) is 6.90. The van der Waals surface area contributed by atoms with Crippen molar-refractivity contribution in [2.75, 3.05) is 6.61 Å². The maximum atomic E-state index is 9.57. The van der Waals surface area contributed by atoms with Gasteiger partial charge in [-0.25, -0.2) is 0 Å². The Bertz CT molecular complexity index is 505. The van der Waals surface area contributed by atoms with Crippen LogP contribution in [0.1, 0.15) is 22.6 Å². The van der Waals surface area contributed by atoms with Crippen molar-refractivity contribution in [3.05, 3.63) is 69.7 Å². The number of hydrogen-bond acceptors (Lipinski definition) is 1. The second-order valence-corrected chi connectivity index (χ2v) is 5.54. The Balaban J connectivity index is 2.17. The van der Waals surface area contributed by atoms with Gasteiger partial charge in [-0.05, 0) is 36.6 Å². The molecule has 0 radical (unpaired) electrons. The van der Waals surface area contributed by atoms with Crippen LogP contribution in [0.4, 0.5) is 0 Å². The van der Waals surface area contributed by atoms with Crippen LogP contribution in [0.3, 0.4) is 0 Å². The summed E-state index contributed by atoms with van der Waals surface area (Å²) in [5.74, 6) is 0.158. The lowest BCUT2D eigenvalue weighted by Crippen LogP contribution is -2.07. The smallest absolute Gasteiger partial charge is 0.0502 e. The van der Waals surface area contributed by atoms with Crippen LogP contribution in [0.25, 0.3) is 0 Å². The number of halogens is 1. The molecule has 0 aromatic heterocycles. The van der Waals surface area contributed by atoms with Crippen LogP contribution >= 0.6 is 15.9 Å². The lowest BCUT2D eigenvalue weighted by atomic mass is 9.92. The first-order chi connectivity index (χ1) is 8.69. The summed E-state index contributed by atoms with van der Waals surface area (Å²) < 4.78 is 1.06. The third-order valence-electron chi connectivity index (χ3n) is 3.14. The van der Waals surface area contributed by atoms with Gasteiger partial charge in [0, 0.05) is 10.4 Å². The Kier molecular flexibility index (Phi) is 4.56. The highest BCUT2D eigenvalue weighted by molar-refractivity contribution is 9.10. The molecule has 1 unspecified atom stereocenters. The quantitative estimate of drug-likeness (QED) is 0.902. The van der Waals surface area contributed by atoms with Gasteiger partial charge in [0.15, 0.2) is 0 Å². The molecule has 0 spiro atoms. The van der Waals surface area contributed by atoms with Gasteiger partial charge in [-0.2, -0.15) is 0 Å². The molecule has 0 saturated heterocycles. The highest BCUT2D eigenvalue weighted by Gasteiger charge is 2.11. The van der Waals surface area contributed by atoms with Gasteiger partial charge in [-0.3, -0.25) is 0 Å². The van der Waals surface area contributed by atoms with Crippen molar-refractivity contribution in [3.63, 3.8) is 0 Å². The van der Waals surface area contributed by atoms with Gasteiger partial charge in [-0.15, -0.1) is 0 Å². The molecule has 0 aliphatic carbocycles. The average Bonchev–Trinajstić information content (AvgIpc) is 2.38. The van der Waals surface area contributed by atoms with Crippen LogP contribution in [0.5, 0.6) is 0 Å². The average molecular weight is 305 g/mol. The zero-order chi connectivity index (χ0) is 13.0. The second kappa shape index (κ2) is 6.17. The first kappa shape index (κ1) is 13.3. The fourth-order valence-corrected chi connectivity index (χ4v) is 2.47. The molecule has 0 bridgehead atoms. The fraction of sp³-hybridized carbons (Fsp3) is 0.250. The molecule has 2 aromatic rings. The summed E-state index contributed by atoms with van der Waals surface area (Å²) in [6.07, 6.45) is 0.868. The minimum atomic E-state index is 0.158. The van der Waals surface area contributed by atoms with Gasteiger partial charge < -0.3 is 5.11 Å². The number of aryl methyl sites for hydroxylation is 1. The molecule has 1 atom stereocenters. The molecule has 2 rings (SSSR count). The van der Waals surface area contributed by atoms with E-state index in [0.29, 0.717) is 0 Å². The van der Waals surface area contributed by atoms with E-state index in [4.69, 9.17) is 0 Å². The molecule has 2 heteroatoms. The summed E-state index contributed by atoms with van der Waals surface area (Å²) in [6.45, 7) is 2.26. The molecule has 0 heterocycles. The highest BCUT2D eigenvalue weighted by atomic mass is 79.9.